The molecule has 0 bridgehead atoms. The van der Waals surface area contributed by atoms with Crippen molar-refractivity contribution in [3.05, 3.63) is 59.7 Å². The third kappa shape index (κ3) is 5.66. The Kier molecular flexibility index (Phi) is 6.24. The van der Waals surface area contributed by atoms with Crippen molar-refractivity contribution in [2.45, 2.75) is 33.2 Å². The van der Waals surface area contributed by atoms with Crippen LogP contribution in [0, 0.1) is 5.92 Å². The first-order valence-corrected chi connectivity index (χ1v) is 9.41. The lowest BCUT2D eigenvalue weighted by molar-refractivity contribution is -0.131. The molecule has 2 aromatic rings. The quantitative estimate of drug-likeness (QED) is 0.639. The summed E-state index contributed by atoms with van der Waals surface area (Å²) in [6, 6.07) is 14.5. The summed E-state index contributed by atoms with van der Waals surface area (Å²) in [6.45, 7) is 6.93. The Bertz CT molecular complexity index is 776. The van der Waals surface area contributed by atoms with Gasteiger partial charge in [0.1, 0.15) is 5.75 Å². The van der Waals surface area contributed by atoms with E-state index in [0.29, 0.717) is 11.3 Å². The van der Waals surface area contributed by atoms with E-state index >= 15 is 0 Å². The number of piperidine rings is 1. The molecule has 0 spiro atoms. The summed E-state index contributed by atoms with van der Waals surface area (Å²) in [4.78, 5) is 25.8. The van der Waals surface area contributed by atoms with Crippen LogP contribution in [-0.2, 0) is 11.3 Å². The van der Waals surface area contributed by atoms with E-state index in [0.717, 1.165) is 31.2 Å². The number of carbonyl (C=O) groups excluding carboxylic acids is 2. The molecule has 1 N–H and O–H groups in total. The van der Waals surface area contributed by atoms with Gasteiger partial charge < -0.3 is 10.1 Å². The molecule has 1 saturated heterocycles. The first-order valence-electron chi connectivity index (χ1n) is 9.41. The van der Waals surface area contributed by atoms with Crippen LogP contribution in [0.2, 0.25) is 0 Å². The SMILES string of the molecule is CC(=O)Oc1ccc(C(=O)Nc2ccc(CN3CCC(C)CC3)cc2)cc1. The highest BCUT2D eigenvalue weighted by Gasteiger charge is 2.15. The maximum Gasteiger partial charge on any atom is 0.308 e. The molecule has 1 amide bonds. The van der Waals surface area contributed by atoms with E-state index in [1.54, 1.807) is 24.3 Å². The van der Waals surface area contributed by atoms with Gasteiger partial charge in [-0.3, -0.25) is 14.5 Å². The van der Waals surface area contributed by atoms with Crippen molar-refractivity contribution in [2.24, 2.45) is 5.92 Å². The number of esters is 1. The van der Waals surface area contributed by atoms with Gasteiger partial charge in [0.2, 0.25) is 0 Å². The summed E-state index contributed by atoms with van der Waals surface area (Å²) in [6.07, 6.45) is 2.54. The van der Waals surface area contributed by atoms with Crippen LogP contribution in [0.15, 0.2) is 48.5 Å². The molecular formula is C22H26N2O3. The maximum absolute atomic E-state index is 12.4. The molecule has 0 aromatic heterocycles. The van der Waals surface area contributed by atoms with Gasteiger partial charge in [0.05, 0.1) is 0 Å². The van der Waals surface area contributed by atoms with Crippen LogP contribution in [0.3, 0.4) is 0 Å². The highest BCUT2D eigenvalue weighted by Crippen LogP contribution is 2.19. The fraction of sp³-hybridized carbons (Fsp3) is 0.364. The van der Waals surface area contributed by atoms with Gasteiger partial charge >= 0.3 is 5.97 Å². The third-order valence-corrected chi connectivity index (χ3v) is 4.87. The number of carbonyl (C=O) groups is 2. The van der Waals surface area contributed by atoms with E-state index in [1.165, 1.54) is 25.3 Å². The van der Waals surface area contributed by atoms with Crippen molar-refractivity contribution in [1.29, 1.82) is 0 Å². The lowest BCUT2D eigenvalue weighted by atomic mass is 9.99. The van der Waals surface area contributed by atoms with E-state index in [-0.39, 0.29) is 11.9 Å². The fourth-order valence-electron chi connectivity index (χ4n) is 3.22. The zero-order valence-corrected chi connectivity index (χ0v) is 15.9. The van der Waals surface area contributed by atoms with Crippen LogP contribution in [0.25, 0.3) is 0 Å². The fourth-order valence-corrected chi connectivity index (χ4v) is 3.22. The van der Waals surface area contributed by atoms with Gasteiger partial charge in [0, 0.05) is 24.7 Å². The minimum Gasteiger partial charge on any atom is -0.427 e. The first kappa shape index (κ1) is 19.1. The molecule has 0 radical (unpaired) electrons. The Hall–Kier alpha value is -2.66. The van der Waals surface area contributed by atoms with Crippen molar-refractivity contribution < 1.29 is 14.3 Å². The normalized spacial score (nSPS) is 15.3. The first-order chi connectivity index (χ1) is 13.0. The largest absolute Gasteiger partial charge is 0.427 e. The van der Waals surface area contributed by atoms with E-state index in [1.807, 2.05) is 12.1 Å². The second kappa shape index (κ2) is 8.82. The molecular weight excluding hydrogens is 340 g/mol. The second-order valence-corrected chi connectivity index (χ2v) is 7.23. The summed E-state index contributed by atoms with van der Waals surface area (Å²) in [5, 5.41) is 2.89. The number of benzene rings is 2. The molecule has 142 valence electrons. The van der Waals surface area contributed by atoms with E-state index in [2.05, 4.69) is 29.3 Å². The summed E-state index contributed by atoms with van der Waals surface area (Å²) < 4.78 is 4.97. The van der Waals surface area contributed by atoms with Gasteiger partial charge in [-0.15, -0.1) is 0 Å². The Balaban J connectivity index is 1.54. The molecule has 0 unspecified atom stereocenters. The summed E-state index contributed by atoms with van der Waals surface area (Å²) in [5.74, 6) is 0.686. The molecule has 5 heteroatoms. The Morgan fingerprint density at radius 2 is 1.67 bits per heavy atom. The van der Waals surface area contributed by atoms with Gasteiger partial charge in [-0.2, -0.15) is 0 Å². The van der Waals surface area contributed by atoms with Crippen LogP contribution < -0.4 is 10.1 Å². The van der Waals surface area contributed by atoms with E-state index < -0.39 is 0 Å². The minimum absolute atomic E-state index is 0.192. The summed E-state index contributed by atoms with van der Waals surface area (Å²) in [5.41, 5.74) is 2.53. The Labute approximate surface area is 160 Å². The lowest BCUT2D eigenvalue weighted by Crippen LogP contribution is -2.32. The molecule has 1 heterocycles. The van der Waals surface area contributed by atoms with Crippen LogP contribution in [0.1, 0.15) is 42.6 Å². The van der Waals surface area contributed by atoms with Crippen molar-refractivity contribution in [2.75, 3.05) is 18.4 Å². The molecule has 1 aliphatic rings. The second-order valence-electron chi connectivity index (χ2n) is 7.23. The average Bonchev–Trinajstić information content (AvgIpc) is 2.65. The van der Waals surface area contributed by atoms with Crippen molar-refractivity contribution in [1.82, 2.24) is 4.90 Å². The van der Waals surface area contributed by atoms with Crippen molar-refractivity contribution in [3.63, 3.8) is 0 Å². The number of amides is 1. The van der Waals surface area contributed by atoms with Crippen LogP contribution >= 0.6 is 0 Å². The van der Waals surface area contributed by atoms with Crippen LogP contribution in [0.4, 0.5) is 5.69 Å². The monoisotopic (exact) mass is 366 g/mol. The molecule has 3 rings (SSSR count). The number of hydrogen-bond donors (Lipinski definition) is 1. The number of likely N-dealkylation sites (tertiary alicyclic amines) is 1. The average molecular weight is 366 g/mol. The van der Waals surface area contributed by atoms with Crippen LogP contribution in [0.5, 0.6) is 5.75 Å². The molecule has 5 nitrogen and oxygen atoms in total. The number of nitrogens with zero attached hydrogens (tertiary/aromatic N) is 1. The van der Waals surface area contributed by atoms with Crippen LogP contribution in [-0.4, -0.2) is 29.9 Å². The summed E-state index contributed by atoms with van der Waals surface area (Å²) >= 11 is 0. The standard InChI is InChI=1S/C22H26N2O3/c1-16-11-13-24(14-12-16)15-18-3-7-20(8-4-18)23-22(26)19-5-9-21(10-6-19)27-17(2)25/h3-10,16H,11-15H2,1-2H3,(H,23,26). The molecule has 2 aromatic carbocycles. The van der Waals surface area contributed by atoms with Gasteiger partial charge in [-0.25, -0.2) is 0 Å². The molecule has 0 aliphatic carbocycles. The number of ether oxygens (including phenoxy) is 1. The molecule has 1 fully saturated rings. The topological polar surface area (TPSA) is 58.6 Å². The van der Waals surface area contributed by atoms with Crippen molar-refractivity contribution in [3.8, 4) is 5.75 Å². The third-order valence-electron chi connectivity index (χ3n) is 4.87. The predicted molar refractivity (Wildman–Crippen MR) is 106 cm³/mol. The zero-order chi connectivity index (χ0) is 19.2. The van der Waals surface area contributed by atoms with E-state index in [4.69, 9.17) is 4.74 Å². The smallest absolute Gasteiger partial charge is 0.308 e. The predicted octanol–water partition coefficient (Wildman–Crippen LogP) is 4.10. The number of hydrogen-bond acceptors (Lipinski definition) is 4. The van der Waals surface area contributed by atoms with Gasteiger partial charge in [-0.1, -0.05) is 19.1 Å². The lowest BCUT2D eigenvalue weighted by Gasteiger charge is -2.30. The molecule has 27 heavy (non-hydrogen) atoms. The van der Waals surface area contributed by atoms with Gasteiger partial charge in [-0.05, 0) is 73.8 Å². The van der Waals surface area contributed by atoms with Gasteiger partial charge in [0.25, 0.3) is 5.91 Å². The van der Waals surface area contributed by atoms with Crippen molar-refractivity contribution >= 4 is 17.6 Å². The van der Waals surface area contributed by atoms with Gasteiger partial charge in [0.15, 0.2) is 0 Å². The number of anilines is 1. The van der Waals surface area contributed by atoms with E-state index in [9.17, 15) is 9.59 Å². The highest BCUT2D eigenvalue weighted by atomic mass is 16.5. The molecule has 0 atom stereocenters. The number of rotatable bonds is 5. The molecule has 1 aliphatic heterocycles. The Morgan fingerprint density at radius 1 is 1.04 bits per heavy atom. The summed E-state index contributed by atoms with van der Waals surface area (Å²) in [7, 11) is 0. The number of nitrogens with one attached hydrogen (secondary N) is 1. The zero-order valence-electron chi connectivity index (χ0n) is 15.9. The molecule has 0 saturated carbocycles. The highest BCUT2D eigenvalue weighted by molar-refractivity contribution is 6.04. The minimum atomic E-state index is -0.383. The maximum atomic E-state index is 12.4. The Morgan fingerprint density at radius 3 is 2.26 bits per heavy atom.